The van der Waals surface area contributed by atoms with Gasteiger partial charge in [0.15, 0.2) is 0 Å². The average Bonchev–Trinajstić information content (AvgIpc) is 2.12. The highest BCUT2D eigenvalue weighted by Crippen LogP contribution is 2.22. The maximum absolute atomic E-state index is 2.37. The summed E-state index contributed by atoms with van der Waals surface area (Å²) >= 11 is 0. The third-order valence-corrected chi connectivity index (χ3v) is 2.97. The SMILES string of the molecule is CC=C(CCCC(C)C)C(C)CCC. The minimum absolute atomic E-state index is 0.803. The topological polar surface area (TPSA) is 0 Å². The lowest BCUT2D eigenvalue weighted by atomic mass is 9.91. The molecule has 0 bridgehead atoms. The Labute approximate surface area is 90.8 Å². The molecule has 1 atom stereocenters. The van der Waals surface area contributed by atoms with Gasteiger partial charge < -0.3 is 0 Å². The lowest BCUT2D eigenvalue weighted by molar-refractivity contribution is 0.520. The summed E-state index contributed by atoms with van der Waals surface area (Å²) in [4.78, 5) is 0. The van der Waals surface area contributed by atoms with E-state index >= 15 is 0 Å². The van der Waals surface area contributed by atoms with E-state index in [-0.39, 0.29) is 0 Å². The lowest BCUT2D eigenvalue weighted by Gasteiger charge is -2.15. The fourth-order valence-electron chi connectivity index (χ4n) is 2.01. The Bertz CT molecular complexity index is 153. The van der Waals surface area contributed by atoms with Crippen molar-refractivity contribution >= 4 is 0 Å². The first-order valence-electron chi connectivity index (χ1n) is 6.26. The van der Waals surface area contributed by atoms with Crippen LogP contribution in [-0.4, -0.2) is 0 Å². The van der Waals surface area contributed by atoms with Crippen molar-refractivity contribution in [2.24, 2.45) is 11.8 Å². The molecule has 14 heavy (non-hydrogen) atoms. The second-order valence-corrected chi connectivity index (χ2v) is 4.84. The summed E-state index contributed by atoms with van der Waals surface area (Å²) in [7, 11) is 0. The molecular formula is C14H28. The highest BCUT2D eigenvalue weighted by atomic mass is 14.1. The van der Waals surface area contributed by atoms with Gasteiger partial charge in [0.05, 0.1) is 0 Å². The molecule has 0 N–H and O–H groups in total. The molecule has 0 radical (unpaired) electrons. The molecule has 0 aromatic rings. The van der Waals surface area contributed by atoms with Crippen LogP contribution in [0.1, 0.15) is 66.7 Å². The van der Waals surface area contributed by atoms with Crippen LogP contribution >= 0.6 is 0 Å². The summed E-state index contributed by atoms with van der Waals surface area (Å²) in [5.41, 5.74) is 1.67. The van der Waals surface area contributed by atoms with Gasteiger partial charge in [0.1, 0.15) is 0 Å². The highest BCUT2D eigenvalue weighted by Gasteiger charge is 2.06. The monoisotopic (exact) mass is 196 g/mol. The second kappa shape index (κ2) is 8.08. The minimum Gasteiger partial charge on any atom is -0.0882 e. The summed E-state index contributed by atoms with van der Waals surface area (Å²) < 4.78 is 0. The van der Waals surface area contributed by atoms with Crippen LogP contribution in [0.15, 0.2) is 11.6 Å². The zero-order chi connectivity index (χ0) is 11.0. The van der Waals surface area contributed by atoms with Crippen LogP contribution in [0.25, 0.3) is 0 Å². The van der Waals surface area contributed by atoms with Crippen molar-refractivity contribution < 1.29 is 0 Å². The van der Waals surface area contributed by atoms with Crippen LogP contribution in [0.5, 0.6) is 0 Å². The molecule has 0 aliphatic rings. The Balaban J connectivity index is 3.80. The molecule has 0 aliphatic heterocycles. The second-order valence-electron chi connectivity index (χ2n) is 4.84. The molecule has 0 aliphatic carbocycles. The molecule has 0 amide bonds. The smallest absolute Gasteiger partial charge is 0.0232 e. The predicted molar refractivity (Wildman–Crippen MR) is 66.5 cm³/mol. The van der Waals surface area contributed by atoms with Gasteiger partial charge in [0, 0.05) is 0 Å². The molecule has 0 saturated carbocycles. The van der Waals surface area contributed by atoms with Gasteiger partial charge in [-0.15, -0.1) is 0 Å². The predicted octanol–water partition coefficient (Wildman–Crippen LogP) is 5.20. The van der Waals surface area contributed by atoms with Crippen LogP contribution in [0.4, 0.5) is 0 Å². The fraction of sp³-hybridized carbons (Fsp3) is 0.857. The van der Waals surface area contributed by atoms with E-state index in [0.29, 0.717) is 0 Å². The third kappa shape index (κ3) is 6.23. The molecule has 0 aromatic carbocycles. The Morgan fingerprint density at radius 2 is 1.79 bits per heavy atom. The molecule has 0 saturated heterocycles. The van der Waals surface area contributed by atoms with Gasteiger partial charge in [-0.25, -0.2) is 0 Å². The quantitative estimate of drug-likeness (QED) is 0.491. The van der Waals surface area contributed by atoms with Crippen molar-refractivity contribution in [3.63, 3.8) is 0 Å². The van der Waals surface area contributed by atoms with E-state index in [4.69, 9.17) is 0 Å². The molecule has 0 rings (SSSR count). The first-order chi connectivity index (χ1) is 6.61. The molecule has 1 unspecified atom stereocenters. The maximum atomic E-state index is 2.37. The minimum atomic E-state index is 0.803. The number of hydrogen-bond donors (Lipinski definition) is 0. The van der Waals surface area contributed by atoms with Crippen molar-refractivity contribution in [1.29, 1.82) is 0 Å². The zero-order valence-corrected chi connectivity index (χ0v) is 10.8. The Morgan fingerprint density at radius 3 is 2.21 bits per heavy atom. The maximum Gasteiger partial charge on any atom is -0.0232 e. The molecular weight excluding hydrogens is 168 g/mol. The summed E-state index contributed by atoms with van der Waals surface area (Å²) in [5.74, 6) is 1.66. The largest absolute Gasteiger partial charge is 0.0882 e. The van der Waals surface area contributed by atoms with Crippen LogP contribution in [0, 0.1) is 11.8 Å². The number of rotatable bonds is 7. The summed E-state index contributed by atoms with van der Waals surface area (Å²) in [6, 6.07) is 0. The van der Waals surface area contributed by atoms with Gasteiger partial charge in [-0.05, 0) is 38.0 Å². The van der Waals surface area contributed by atoms with E-state index in [1.54, 1.807) is 5.57 Å². The Morgan fingerprint density at radius 1 is 1.14 bits per heavy atom. The lowest BCUT2D eigenvalue weighted by Crippen LogP contribution is -2.00. The first kappa shape index (κ1) is 13.7. The van der Waals surface area contributed by atoms with Crippen LogP contribution in [-0.2, 0) is 0 Å². The van der Waals surface area contributed by atoms with Crippen molar-refractivity contribution in [3.8, 4) is 0 Å². The number of allylic oxidation sites excluding steroid dienone is 2. The molecule has 0 heteroatoms. The average molecular weight is 196 g/mol. The normalized spacial score (nSPS) is 14.9. The first-order valence-corrected chi connectivity index (χ1v) is 6.26. The highest BCUT2D eigenvalue weighted by molar-refractivity contribution is 5.04. The molecule has 0 fully saturated rings. The van der Waals surface area contributed by atoms with Crippen LogP contribution in [0.3, 0.4) is 0 Å². The van der Waals surface area contributed by atoms with E-state index < -0.39 is 0 Å². The Kier molecular flexibility index (Phi) is 7.93. The molecule has 0 aromatic heterocycles. The molecule has 0 heterocycles. The van der Waals surface area contributed by atoms with Crippen molar-refractivity contribution in [2.75, 3.05) is 0 Å². The van der Waals surface area contributed by atoms with Gasteiger partial charge in [-0.3, -0.25) is 0 Å². The Hall–Kier alpha value is -0.260. The number of hydrogen-bond acceptors (Lipinski definition) is 0. The van der Waals surface area contributed by atoms with E-state index in [9.17, 15) is 0 Å². The van der Waals surface area contributed by atoms with Crippen LogP contribution < -0.4 is 0 Å². The van der Waals surface area contributed by atoms with Crippen molar-refractivity contribution in [1.82, 2.24) is 0 Å². The van der Waals surface area contributed by atoms with Gasteiger partial charge in [-0.1, -0.05) is 52.2 Å². The van der Waals surface area contributed by atoms with Crippen molar-refractivity contribution in [3.05, 3.63) is 11.6 Å². The van der Waals surface area contributed by atoms with E-state index in [0.717, 1.165) is 11.8 Å². The summed E-state index contributed by atoms with van der Waals surface area (Å²) in [6.07, 6.45) is 9.04. The molecule has 84 valence electrons. The summed E-state index contributed by atoms with van der Waals surface area (Å²) in [5, 5.41) is 0. The van der Waals surface area contributed by atoms with E-state index in [1.165, 1.54) is 32.1 Å². The van der Waals surface area contributed by atoms with Gasteiger partial charge >= 0.3 is 0 Å². The zero-order valence-electron chi connectivity index (χ0n) is 10.8. The molecule has 0 spiro atoms. The van der Waals surface area contributed by atoms with E-state index in [1.807, 2.05) is 0 Å². The van der Waals surface area contributed by atoms with Gasteiger partial charge in [-0.2, -0.15) is 0 Å². The van der Waals surface area contributed by atoms with Crippen molar-refractivity contribution in [2.45, 2.75) is 66.7 Å². The standard InChI is InChI=1S/C14H28/c1-6-9-13(5)14(7-2)11-8-10-12(3)4/h7,12-13H,6,8-11H2,1-5H3. The fourth-order valence-corrected chi connectivity index (χ4v) is 2.01. The molecule has 0 nitrogen and oxygen atoms in total. The van der Waals surface area contributed by atoms with Crippen LogP contribution in [0.2, 0.25) is 0 Å². The van der Waals surface area contributed by atoms with E-state index in [2.05, 4.69) is 40.7 Å². The van der Waals surface area contributed by atoms with Gasteiger partial charge in [0.25, 0.3) is 0 Å². The summed E-state index contributed by atoms with van der Waals surface area (Å²) in [6.45, 7) is 11.5. The third-order valence-electron chi connectivity index (χ3n) is 2.97. The van der Waals surface area contributed by atoms with Gasteiger partial charge in [0.2, 0.25) is 0 Å².